The lowest BCUT2D eigenvalue weighted by Crippen LogP contribution is -2.15. The standard InChI is InChI=1S/C21H19ClF4N4O/c1-20(2)7-6-13-16(20)28-19(22)29-18(13)31-10-11-4-5-12(14(23)8-11)17-27-15(9-30(17)3)21(24,25)26/h4-5,8-9H,6-7,10H2,1-3H3. The smallest absolute Gasteiger partial charge is 0.434 e. The normalized spacial score (nSPS) is 15.2. The monoisotopic (exact) mass is 454 g/mol. The van der Waals surface area contributed by atoms with E-state index in [2.05, 4.69) is 28.8 Å². The van der Waals surface area contributed by atoms with Gasteiger partial charge in [-0.25, -0.2) is 14.4 Å². The summed E-state index contributed by atoms with van der Waals surface area (Å²) in [5, 5.41) is 0.0838. The first-order chi connectivity index (χ1) is 14.5. The van der Waals surface area contributed by atoms with Crippen molar-refractivity contribution in [1.29, 1.82) is 0 Å². The second-order valence-electron chi connectivity index (χ2n) is 8.17. The molecule has 0 atom stereocenters. The molecule has 0 amide bonds. The van der Waals surface area contributed by atoms with Crippen molar-refractivity contribution in [3.8, 4) is 17.3 Å². The van der Waals surface area contributed by atoms with Gasteiger partial charge in [-0.05, 0) is 42.1 Å². The Morgan fingerprint density at radius 3 is 2.58 bits per heavy atom. The van der Waals surface area contributed by atoms with Crippen molar-refractivity contribution < 1.29 is 22.3 Å². The molecule has 0 spiro atoms. The summed E-state index contributed by atoms with van der Waals surface area (Å²) in [7, 11) is 1.38. The zero-order chi connectivity index (χ0) is 22.6. The van der Waals surface area contributed by atoms with E-state index in [1.165, 1.54) is 19.2 Å². The summed E-state index contributed by atoms with van der Waals surface area (Å²) in [6.07, 6.45) is -2.13. The molecule has 5 nitrogen and oxygen atoms in total. The first kappa shape index (κ1) is 21.5. The van der Waals surface area contributed by atoms with Crippen LogP contribution in [0.2, 0.25) is 5.28 Å². The maximum Gasteiger partial charge on any atom is 0.434 e. The first-order valence-electron chi connectivity index (χ1n) is 9.55. The molecule has 1 aliphatic carbocycles. The summed E-state index contributed by atoms with van der Waals surface area (Å²) < 4.78 is 60.3. The fourth-order valence-corrected chi connectivity index (χ4v) is 3.89. The predicted molar refractivity (Wildman–Crippen MR) is 106 cm³/mol. The van der Waals surface area contributed by atoms with E-state index in [1.807, 2.05) is 0 Å². The molecule has 0 fully saturated rings. The molecule has 1 aromatic carbocycles. The Balaban J connectivity index is 1.57. The molecule has 1 aliphatic rings. The third kappa shape index (κ3) is 4.11. The van der Waals surface area contributed by atoms with E-state index in [0.717, 1.165) is 34.9 Å². The summed E-state index contributed by atoms with van der Waals surface area (Å²) in [5.74, 6) is -0.445. The van der Waals surface area contributed by atoms with Crippen LogP contribution in [0.3, 0.4) is 0 Å². The second-order valence-corrected chi connectivity index (χ2v) is 8.51. The van der Waals surface area contributed by atoms with Gasteiger partial charge in [0.1, 0.15) is 18.2 Å². The third-order valence-electron chi connectivity index (χ3n) is 5.40. The van der Waals surface area contributed by atoms with Gasteiger partial charge in [0.25, 0.3) is 0 Å². The second kappa shape index (κ2) is 7.47. The molecule has 164 valence electrons. The minimum atomic E-state index is -4.60. The number of fused-ring (bicyclic) bond motifs is 1. The van der Waals surface area contributed by atoms with Gasteiger partial charge in [0.15, 0.2) is 5.69 Å². The molecule has 31 heavy (non-hydrogen) atoms. The van der Waals surface area contributed by atoms with E-state index in [-0.39, 0.29) is 28.7 Å². The fraction of sp³-hybridized carbons (Fsp3) is 0.381. The molecule has 3 aromatic rings. The van der Waals surface area contributed by atoms with E-state index in [9.17, 15) is 17.6 Å². The Kier molecular flexibility index (Phi) is 5.20. The molecule has 2 aromatic heterocycles. The van der Waals surface area contributed by atoms with Gasteiger partial charge in [-0.2, -0.15) is 18.2 Å². The van der Waals surface area contributed by atoms with Crippen molar-refractivity contribution >= 4 is 11.6 Å². The number of alkyl halides is 3. The van der Waals surface area contributed by atoms with E-state index >= 15 is 0 Å². The van der Waals surface area contributed by atoms with Crippen molar-refractivity contribution in [2.24, 2.45) is 7.05 Å². The van der Waals surface area contributed by atoms with Crippen LogP contribution < -0.4 is 4.74 Å². The van der Waals surface area contributed by atoms with E-state index in [1.54, 1.807) is 6.07 Å². The highest BCUT2D eigenvalue weighted by molar-refractivity contribution is 6.28. The molecule has 0 unspecified atom stereocenters. The average Bonchev–Trinajstić information content (AvgIpc) is 3.20. The summed E-state index contributed by atoms with van der Waals surface area (Å²) in [6.45, 7) is 4.16. The highest BCUT2D eigenvalue weighted by Crippen LogP contribution is 2.41. The lowest BCUT2D eigenvalue weighted by atomic mass is 9.91. The van der Waals surface area contributed by atoms with Gasteiger partial charge < -0.3 is 9.30 Å². The highest BCUT2D eigenvalue weighted by atomic mass is 35.5. The van der Waals surface area contributed by atoms with Crippen LogP contribution in [0.5, 0.6) is 5.88 Å². The number of hydrogen-bond donors (Lipinski definition) is 0. The van der Waals surface area contributed by atoms with Crippen LogP contribution in [0.25, 0.3) is 11.4 Å². The van der Waals surface area contributed by atoms with Gasteiger partial charge in [0.2, 0.25) is 11.2 Å². The van der Waals surface area contributed by atoms with Crippen molar-refractivity contribution in [1.82, 2.24) is 19.5 Å². The van der Waals surface area contributed by atoms with Gasteiger partial charge >= 0.3 is 6.18 Å². The van der Waals surface area contributed by atoms with Crippen LogP contribution in [0.4, 0.5) is 17.6 Å². The largest absolute Gasteiger partial charge is 0.472 e. The average molecular weight is 455 g/mol. The van der Waals surface area contributed by atoms with Crippen LogP contribution >= 0.6 is 11.6 Å². The van der Waals surface area contributed by atoms with Gasteiger partial charge in [-0.1, -0.05) is 19.9 Å². The maximum atomic E-state index is 14.7. The third-order valence-corrected chi connectivity index (χ3v) is 5.57. The number of aryl methyl sites for hydroxylation is 1. The van der Waals surface area contributed by atoms with Crippen LogP contribution in [-0.4, -0.2) is 19.5 Å². The molecule has 0 saturated carbocycles. The van der Waals surface area contributed by atoms with Crippen molar-refractivity contribution in [3.63, 3.8) is 0 Å². The Labute approximate surface area is 181 Å². The molecule has 0 aliphatic heterocycles. The van der Waals surface area contributed by atoms with E-state index in [0.29, 0.717) is 11.4 Å². The van der Waals surface area contributed by atoms with Crippen LogP contribution in [-0.2, 0) is 31.7 Å². The predicted octanol–water partition coefficient (Wildman–Crippen LogP) is 5.49. The number of rotatable bonds is 4. The Bertz CT molecular complexity index is 1160. The van der Waals surface area contributed by atoms with Gasteiger partial charge in [0, 0.05) is 24.2 Å². The molecule has 10 heteroatoms. The number of aromatic nitrogens is 4. The topological polar surface area (TPSA) is 52.8 Å². The molecular formula is C21H19ClF4N4O. The zero-order valence-electron chi connectivity index (χ0n) is 17.0. The number of halogens is 5. The number of hydrogen-bond acceptors (Lipinski definition) is 4. The zero-order valence-corrected chi connectivity index (χ0v) is 17.8. The molecule has 0 bridgehead atoms. The quantitative estimate of drug-likeness (QED) is 0.386. The molecule has 0 saturated heterocycles. The van der Waals surface area contributed by atoms with Crippen molar-refractivity contribution in [2.45, 2.75) is 44.9 Å². The number of ether oxygens (including phenoxy) is 1. The van der Waals surface area contributed by atoms with Crippen molar-refractivity contribution in [2.75, 3.05) is 0 Å². The maximum absolute atomic E-state index is 14.7. The minimum absolute atomic E-state index is 0.0196. The molecular weight excluding hydrogens is 436 g/mol. The highest BCUT2D eigenvalue weighted by Gasteiger charge is 2.36. The molecule has 0 radical (unpaired) electrons. The first-order valence-corrected chi connectivity index (χ1v) is 9.92. The van der Waals surface area contributed by atoms with Crippen molar-refractivity contribution in [3.05, 3.63) is 58.0 Å². The van der Waals surface area contributed by atoms with E-state index < -0.39 is 17.7 Å². The summed E-state index contributed by atoms with van der Waals surface area (Å²) in [6, 6.07) is 4.18. The number of nitrogens with zero attached hydrogens (tertiary/aromatic N) is 4. The molecule has 4 rings (SSSR count). The number of benzene rings is 1. The lowest BCUT2D eigenvalue weighted by Gasteiger charge is -2.18. The summed E-state index contributed by atoms with van der Waals surface area (Å²) in [4.78, 5) is 12.0. The minimum Gasteiger partial charge on any atom is -0.472 e. The van der Waals surface area contributed by atoms with E-state index in [4.69, 9.17) is 16.3 Å². The Hall–Kier alpha value is -2.68. The van der Waals surface area contributed by atoms with Crippen LogP contribution in [0.1, 0.15) is 42.8 Å². The summed E-state index contributed by atoms with van der Waals surface area (Å²) in [5.41, 5.74) is 0.986. The van der Waals surface area contributed by atoms with Crippen LogP contribution in [0, 0.1) is 5.82 Å². The molecule has 2 heterocycles. The lowest BCUT2D eigenvalue weighted by molar-refractivity contribution is -0.140. The SMILES string of the molecule is Cn1cc(C(F)(F)F)nc1-c1ccc(COc2nc(Cl)nc3c2CCC3(C)C)cc1F. The Morgan fingerprint density at radius 2 is 1.94 bits per heavy atom. The number of imidazole rings is 1. The van der Waals surface area contributed by atoms with Crippen LogP contribution in [0.15, 0.2) is 24.4 Å². The summed E-state index contributed by atoms with van der Waals surface area (Å²) >= 11 is 6.05. The molecule has 0 N–H and O–H groups in total. The fourth-order valence-electron chi connectivity index (χ4n) is 3.73. The van der Waals surface area contributed by atoms with Gasteiger partial charge in [-0.3, -0.25) is 0 Å². The van der Waals surface area contributed by atoms with Gasteiger partial charge in [0.05, 0.1) is 11.3 Å². The van der Waals surface area contributed by atoms with Gasteiger partial charge in [-0.15, -0.1) is 0 Å². The Morgan fingerprint density at radius 1 is 1.19 bits per heavy atom.